The Bertz CT molecular complexity index is 557. The normalized spacial score (nSPS) is 30.5. The molecule has 0 amide bonds. The third-order valence-corrected chi connectivity index (χ3v) is 5.84. The lowest BCUT2D eigenvalue weighted by Crippen LogP contribution is -2.54. The Balaban J connectivity index is 1.52. The van der Waals surface area contributed by atoms with Crippen LogP contribution in [0.3, 0.4) is 0 Å². The highest BCUT2D eigenvalue weighted by atomic mass is 16.5. The Labute approximate surface area is 140 Å². The molecule has 4 rings (SSSR count). The molecule has 0 spiro atoms. The summed E-state index contributed by atoms with van der Waals surface area (Å²) in [6.45, 7) is 8.92. The molecule has 3 heterocycles. The van der Waals surface area contributed by atoms with Crippen LogP contribution in [0, 0.1) is 11.8 Å². The molecule has 3 atom stereocenters. The fourth-order valence-electron chi connectivity index (χ4n) is 4.64. The van der Waals surface area contributed by atoms with Crippen LogP contribution >= 0.6 is 0 Å². The highest BCUT2D eigenvalue weighted by molar-refractivity contribution is 5.39. The first-order valence-electron chi connectivity index (χ1n) is 9.44. The summed E-state index contributed by atoms with van der Waals surface area (Å²) in [4.78, 5) is 2.74. The first-order chi connectivity index (χ1) is 11.2. The number of fused-ring (bicyclic) bond motifs is 4. The molecular formula is C20H30N2O. The van der Waals surface area contributed by atoms with Crippen LogP contribution in [0.5, 0.6) is 5.75 Å². The van der Waals surface area contributed by atoms with Gasteiger partial charge >= 0.3 is 0 Å². The molecule has 2 saturated heterocycles. The fraction of sp³-hybridized carbons (Fsp3) is 0.700. The zero-order chi connectivity index (χ0) is 15.8. The van der Waals surface area contributed by atoms with Crippen molar-refractivity contribution >= 4 is 0 Å². The lowest BCUT2D eigenvalue weighted by atomic mass is 9.77. The van der Waals surface area contributed by atoms with Gasteiger partial charge in [-0.3, -0.25) is 4.90 Å². The average molecular weight is 314 g/mol. The predicted octanol–water partition coefficient (Wildman–Crippen LogP) is 3.39. The van der Waals surface area contributed by atoms with Crippen LogP contribution in [0.4, 0.5) is 0 Å². The topological polar surface area (TPSA) is 24.5 Å². The summed E-state index contributed by atoms with van der Waals surface area (Å²) in [5.74, 6) is 2.50. The van der Waals surface area contributed by atoms with Gasteiger partial charge in [-0.2, -0.15) is 0 Å². The number of hydrogen-bond donors (Lipinski definition) is 1. The molecule has 23 heavy (non-hydrogen) atoms. The molecule has 3 nitrogen and oxygen atoms in total. The van der Waals surface area contributed by atoms with E-state index in [1.165, 1.54) is 50.9 Å². The van der Waals surface area contributed by atoms with E-state index in [4.69, 9.17) is 4.74 Å². The molecule has 1 aromatic carbocycles. The van der Waals surface area contributed by atoms with E-state index in [1.807, 2.05) is 0 Å². The number of hydrogen-bond acceptors (Lipinski definition) is 3. The van der Waals surface area contributed by atoms with Crippen molar-refractivity contribution < 1.29 is 4.74 Å². The van der Waals surface area contributed by atoms with Gasteiger partial charge in [0, 0.05) is 25.2 Å². The van der Waals surface area contributed by atoms with Gasteiger partial charge in [0.1, 0.15) is 5.75 Å². The zero-order valence-corrected chi connectivity index (χ0v) is 14.6. The Morgan fingerprint density at radius 3 is 3.13 bits per heavy atom. The minimum Gasteiger partial charge on any atom is -0.493 e. The van der Waals surface area contributed by atoms with E-state index in [0.717, 1.165) is 24.3 Å². The van der Waals surface area contributed by atoms with Crippen LogP contribution in [0.1, 0.15) is 50.3 Å². The van der Waals surface area contributed by atoms with Crippen molar-refractivity contribution in [1.29, 1.82) is 0 Å². The first-order valence-corrected chi connectivity index (χ1v) is 9.44. The fourth-order valence-corrected chi connectivity index (χ4v) is 4.64. The number of ether oxygens (including phenoxy) is 1. The molecule has 0 bridgehead atoms. The highest BCUT2D eigenvalue weighted by Crippen LogP contribution is 2.41. The minimum atomic E-state index is 0.578. The van der Waals surface area contributed by atoms with E-state index in [-0.39, 0.29) is 0 Å². The number of piperidine rings is 2. The maximum Gasteiger partial charge on any atom is 0.119 e. The van der Waals surface area contributed by atoms with Gasteiger partial charge in [-0.1, -0.05) is 19.9 Å². The van der Waals surface area contributed by atoms with Crippen molar-refractivity contribution in [2.45, 2.75) is 51.6 Å². The monoisotopic (exact) mass is 314 g/mol. The van der Waals surface area contributed by atoms with E-state index in [9.17, 15) is 0 Å². The smallest absolute Gasteiger partial charge is 0.119 e. The second kappa shape index (κ2) is 6.45. The summed E-state index contributed by atoms with van der Waals surface area (Å²) in [5, 5.41) is 3.78. The summed E-state index contributed by atoms with van der Waals surface area (Å²) in [5.41, 5.74) is 3.07. The van der Waals surface area contributed by atoms with Gasteiger partial charge in [0.05, 0.1) is 6.61 Å². The van der Waals surface area contributed by atoms with Crippen LogP contribution in [0.15, 0.2) is 18.2 Å². The van der Waals surface area contributed by atoms with Gasteiger partial charge in [-0.25, -0.2) is 0 Å². The average Bonchev–Trinajstić information content (AvgIpc) is 2.58. The molecule has 2 fully saturated rings. The van der Waals surface area contributed by atoms with Gasteiger partial charge < -0.3 is 10.1 Å². The molecule has 0 radical (unpaired) electrons. The van der Waals surface area contributed by atoms with Crippen LogP contribution in [-0.4, -0.2) is 37.2 Å². The van der Waals surface area contributed by atoms with E-state index in [2.05, 4.69) is 42.3 Å². The summed E-state index contributed by atoms with van der Waals surface area (Å²) >= 11 is 0. The second-order valence-corrected chi connectivity index (χ2v) is 8.02. The van der Waals surface area contributed by atoms with Gasteiger partial charge in [0.2, 0.25) is 0 Å². The van der Waals surface area contributed by atoms with Crippen LogP contribution < -0.4 is 10.1 Å². The first kappa shape index (κ1) is 15.5. The molecule has 3 aliphatic heterocycles. The quantitative estimate of drug-likeness (QED) is 0.925. The van der Waals surface area contributed by atoms with Crippen molar-refractivity contribution in [2.75, 3.05) is 26.2 Å². The van der Waals surface area contributed by atoms with Gasteiger partial charge in [-0.05, 0) is 67.3 Å². The van der Waals surface area contributed by atoms with Crippen LogP contribution in [0.2, 0.25) is 0 Å². The van der Waals surface area contributed by atoms with Crippen molar-refractivity contribution in [1.82, 2.24) is 10.2 Å². The van der Waals surface area contributed by atoms with Crippen molar-refractivity contribution in [3.63, 3.8) is 0 Å². The van der Waals surface area contributed by atoms with Crippen LogP contribution in [0.25, 0.3) is 0 Å². The number of nitrogens with zero attached hydrogens (tertiary/aromatic N) is 1. The SMILES string of the molecule is CC(C)COc1ccc2c(c1)CCN1C[C@H]3CCCN[C@H]3C[C@H]21. The molecule has 0 unspecified atom stereocenters. The standard InChI is InChI=1S/C20H30N2O/c1-14(2)13-23-17-5-6-18-15(10-17)7-9-22-12-16-4-3-8-21-19(16)11-20(18)22/h5-6,10,14,16,19-21H,3-4,7-9,11-13H2,1-2H3/t16-,19+,20-/m1/s1. The zero-order valence-electron chi connectivity index (χ0n) is 14.6. The molecule has 1 N–H and O–H groups in total. The lowest BCUT2D eigenvalue weighted by Gasteiger charge is -2.49. The van der Waals surface area contributed by atoms with E-state index < -0.39 is 0 Å². The summed E-state index contributed by atoms with van der Waals surface area (Å²) in [6.07, 6.45) is 5.22. The van der Waals surface area contributed by atoms with Crippen molar-refractivity contribution in [3.05, 3.63) is 29.3 Å². The van der Waals surface area contributed by atoms with E-state index in [1.54, 1.807) is 5.56 Å². The van der Waals surface area contributed by atoms with Gasteiger partial charge in [0.15, 0.2) is 0 Å². The molecule has 0 saturated carbocycles. The van der Waals surface area contributed by atoms with Crippen molar-refractivity contribution in [3.8, 4) is 5.75 Å². The molecule has 0 aliphatic carbocycles. The Kier molecular flexibility index (Phi) is 4.33. The third kappa shape index (κ3) is 3.14. The maximum absolute atomic E-state index is 5.93. The third-order valence-electron chi connectivity index (χ3n) is 5.84. The number of rotatable bonds is 3. The van der Waals surface area contributed by atoms with E-state index in [0.29, 0.717) is 12.0 Å². The molecule has 0 aromatic heterocycles. The maximum atomic E-state index is 5.93. The Morgan fingerprint density at radius 2 is 2.26 bits per heavy atom. The molecule has 1 aromatic rings. The second-order valence-electron chi connectivity index (χ2n) is 8.02. The number of benzene rings is 1. The van der Waals surface area contributed by atoms with E-state index >= 15 is 0 Å². The van der Waals surface area contributed by atoms with Gasteiger partial charge in [0.25, 0.3) is 0 Å². The Hall–Kier alpha value is -1.06. The highest BCUT2D eigenvalue weighted by Gasteiger charge is 2.39. The molecular weight excluding hydrogens is 284 g/mol. The predicted molar refractivity (Wildman–Crippen MR) is 93.9 cm³/mol. The largest absolute Gasteiger partial charge is 0.493 e. The summed E-state index contributed by atoms with van der Waals surface area (Å²) in [6, 6.07) is 8.17. The van der Waals surface area contributed by atoms with Gasteiger partial charge in [-0.15, -0.1) is 0 Å². The minimum absolute atomic E-state index is 0.578. The Morgan fingerprint density at radius 1 is 1.35 bits per heavy atom. The van der Waals surface area contributed by atoms with Crippen molar-refractivity contribution in [2.24, 2.45) is 11.8 Å². The molecule has 3 aliphatic rings. The summed E-state index contributed by atoms with van der Waals surface area (Å²) in [7, 11) is 0. The van der Waals surface area contributed by atoms with Crippen LogP contribution in [-0.2, 0) is 6.42 Å². The lowest BCUT2D eigenvalue weighted by molar-refractivity contribution is 0.0551. The number of nitrogens with one attached hydrogen (secondary N) is 1. The molecule has 3 heteroatoms. The summed E-state index contributed by atoms with van der Waals surface area (Å²) < 4.78 is 5.93. The molecule has 126 valence electrons.